The van der Waals surface area contributed by atoms with Crippen LogP contribution in [-0.4, -0.2) is 28.7 Å². The van der Waals surface area contributed by atoms with Crippen LogP contribution in [-0.2, 0) is 29.0 Å². The number of ether oxygens (including phenoxy) is 1. The van der Waals surface area contributed by atoms with Crippen LogP contribution in [0, 0.1) is 0 Å². The molecule has 0 spiro atoms. The molecule has 2 aromatic rings. The maximum atomic E-state index is 11.4. The average molecular weight is 287 g/mol. The lowest BCUT2D eigenvalue weighted by molar-refractivity contribution is -0.139. The Balaban J connectivity index is 1.91. The summed E-state index contributed by atoms with van der Waals surface area (Å²) >= 11 is 0. The molecule has 1 aromatic carbocycles. The molecule has 1 unspecified atom stereocenters. The van der Waals surface area contributed by atoms with E-state index in [1.54, 1.807) is 6.20 Å². The molecule has 112 valence electrons. The molecule has 1 N–H and O–H groups in total. The Morgan fingerprint density at radius 3 is 2.81 bits per heavy atom. The van der Waals surface area contributed by atoms with Crippen LogP contribution in [0.1, 0.15) is 18.1 Å². The first-order chi connectivity index (χ1) is 10.2. The van der Waals surface area contributed by atoms with Crippen molar-refractivity contribution in [3.05, 3.63) is 54.1 Å². The predicted molar refractivity (Wildman–Crippen MR) is 80.7 cm³/mol. The van der Waals surface area contributed by atoms with Crippen molar-refractivity contribution in [1.82, 2.24) is 14.9 Å². The van der Waals surface area contributed by atoms with Crippen molar-refractivity contribution in [3.63, 3.8) is 0 Å². The van der Waals surface area contributed by atoms with E-state index in [0.29, 0.717) is 12.5 Å². The molecule has 0 aliphatic carbocycles. The maximum absolute atomic E-state index is 11.4. The average Bonchev–Trinajstić information content (AvgIpc) is 2.99. The van der Waals surface area contributed by atoms with Crippen LogP contribution in [0.3, 0.4) is 0 Å². The first kappa shape index (κ1) is 15.3. The number of imidazole rings is 1. The summed E-state index contributed by atoms with van der Waals surface area (Å²) in [4.78, 5) is 15.5. The first-order valence-electron chi connectivity index (χ1n) is 7.01. The number of nitrogens with one attached hydrogen (secondary N) is 1. The number of benzene rings is 1. The monoisotopic (exact) mass is 287 g/mol. The molecule has 0 saturated carbocycles. The lowest BCUT2D eigenvalue weighted by atomic mass is 10.0. The number of esters is 1. The third kappa shape index (κ3) is 4.72. The third-order valence-corrected chi connectivity index (χ3v) is 3.37. The van der Waals surface area contributed by atoms with Crippen LogP contribution in [0.5, 0.6) is 0 Å². The Labute approximate surface area is 125 Å². The molecule has 5 nitrogen and oxygen atoms in total. The van der Waals surface area contributed by atoms with E-state index in [4.69, 9.17) is 4.74 Å². The van der Waals surface area contributed by atoms with Gasteiger partial charge in [-0.15, -0.1) is 0 Å². The smallest absolute Gasteiger partial charge is 0.309 e. The zero-order chi connectivity index (χ0) is 15.1. The summed E-state index contributed by atoms with van der Waals surface area (Å²) in [7, 11) is 1.41. The lowest BCUT2D eigenvalue weighted by Gasteiger charge is -2.16. The molecule has 1 heterocycles. The maximum Gasteiger partial charge on any atom is 0.309 e. The van der Waals surface area contributed by atoms with Crippen molar-refractivity contribution in [1.29, 1.82) is 0 Å². The van der Waals surface area contributed by atoms with Crippen molar-refractivity contribution < 1.29 is 9.53 Å². The molecular formula is C16H21N3O2. The number of hydrogen-bond acceptors (Lipinski definition) is 4. The highest BCUT2D eigenvalue weighted by molar-refractivity contribution is 5.72. The van der Waals surface area contributed by atoms with Crippen molar-refractivity contribution in [2.75, 3.05) is 7.11 Å². The Kier molecular flexibility index (Phi) is 5.51. The normalized spacial score (nSPS) is 12.1. The molecule has 0 bridgehead atoms. The molecule has 0 aliphatic heterocycles. The van der Waals surface area contributed by atoms with Gasteiger partial charge in [0, 0.05) is 31.5 Å². The largest absolute Gasteiger partial charge is 0.469 e. The third-order valence-electron chi connectivity index (χ3n) is 3.37. The van der Waals surface area contributed by atoms with Crippen molar-refractivity contribution >= 4 is 5.97 Å². The van der Waals surface area contributed by atoms with Crippen molar-refractivity contribution in [2.45, 2.75) is 32.5 Å². The standard InChI is InChI=1S/C16H21N3O2/c1-13(11-19-8-7-17-12-19)18-10-15-6-4-3-5-14(15)9-16(20)21-2/h3-8,12-13,18H,9-11H2,1-2H3. The number of rotatable bonds is 7. The SMILES string of the molecule is COC(=O)Cc1ccccc1CNC(C)Cn1ccnc1. The molecule has 0 aliphatic rings. The minimum absolute atomic E-state index is 0.214. The quantitative estimate of drug-likeness (QED) is 0.789. The molecule has 0 radical (unpaired) electrons. The zero-order valence-electron chi connectivity index (χ0n) is 12.5. The number of carbonyl (C=O) groups excluding carboxylic acids is 1. The van der Waals surface area contributed by atoms with Gasteiger partial charge >= 0.3 is 5.97 Å². The number of nitrogens with zero attached hydrogens (tertiary/aromatic N) is 2. The van der Waals surface area contributed by atoms with Crippen LogP contribution >= 0.6 is 0 Å². The van der Waals surface area contributed by atoms with Gasteiger partial charge in [-0.1, -0.05) is 24.3 Å². The fourth-order valence-corrected chi connectivity index (χ4v) is 2.19. The fourth-order valence-electron chi connectivity index (χ4n) is 2.19. The van der Waals surface area contributed by atoms with Gasteiger partial charge in [0.15, 0.2) is 0 Å². The van der Waals surface area contributed by atoms with Gasteiger partial charge in [-0.2, -0.15) is 0 Å². The zero-order valence-corrected chi connectivity index (χ0v) is 12.5. The van der Waals surface area contributed by atoms with E-state index in [1.165, 1.54) is 7.11 Å². The highest BCUT2D eigenvalue weighted by Gasteiger charge is 2.09. The summed E-state index contributed by atoms with van der Waals surface area (Å²) in [6, 6.07) is 8.24. The molecule has 5 heteroatoms. The van der Waals surface area contributed by atoms with Gasteiger partial charge in [-0.05, 0) is 18.1 Å². The molecule has 0 amide bonds. The first-order valence-corrected chi connectivity index (χ1v) is 7.01. The van der Waals surface area contributed by atoms with Gasteiger partial charge in [-0.25, -0.2) is 4.98 Å². The molecule has 2 rings (SSSR count). The Morgan fingerprint density at radius 2 is 2.14 bits per heavy atom. The molecular weight excluding hydrogens is 266 g/mol. The topological polar surface area (TPSA) is 56.1 Å². The molecule has 0 saturated heterocycles. The molecule has 1 atom stereocenters. The van der Waals surface area contributed by atoms with E-state index in [0.717, 1.165) is 24.2 Å². The second-order valence-electron chi connectivity index (χ2n) is 5.06. The van der Waals surface area contributed by atoms with Gasteiger partial charge in [0.25, 0.3) is 0 Å². The van der Waals surface area contributed by atoms with E-state index >= 15 is 0 Å². The summed E-state index contributed by atoms with van der Waals surface area (Å²) in [5.41, 5.74) is 2.13. The number of carbonyl (C=O) groups is 1. The minimum atomic E-state index is -0.214. The molecule has 1 aromatic heterocycles. The van der Waals surface area contributed by atoms with Gasteiger partial charge in [0.2, 0.25) is 0 Å². The van der Waals surface area contributed by atoms with Gasteiger partial charge in [-0.3, -0.25) is 4.79 Å². The summed E-state index contributed by atoms with van der Waals surface area (Å²) in [6.45, 7) is 3.71. The summed E-state index contributed by atoms with van der Waals surface area (Å²) in [5, 5.41) is 3.47. The van der Waals surface area contributed by atoms with E-state index in [1.807, 2.05) is 41.4 Å². The Morgan fingerprint density at radius 1 is 1.38 bits per heavy atom. The summed E-state index contributed by atoms with van der Waals surface area (Å²) in [5.74, 6) is -0.214. The second kappa shape index (κ2) is 7.59. The highest BCUT2D eigenvalue weighted by atomic mass is 16.5. The molecule has 21 heavy (non-hydrogen) atoms. The number of methoxy groups -OCH3 is 1. The van der Waals surface area contributed by atoms with E-state index < -0.39 is 0 Å². The highest BCUT2D eigenvalue weighted by Crippen LogP contribution is 2.10. The second-order valence-corrected chi connectivity index (χ2v) is 5.06. The van der Waals surface area contributed by atoms with Crippen molar-refractivity contribution in [2.24, 2.45) is 0 Å². The van der Waals surface area contributed by atoms with Crippen LogP contribution in [0.2, 0.25) is 0 Å². The number of aromatic nitrogens is 2. The van der Waals surface area contributed by atoms with Crippen LogP contribution in [0.25, 0.3) is 0 Å². The molecule has 0 fully saturated rings. The van der Waals surface area contributed by atoms with E-state index in [2.05, 4.69) is 17.2 Å². The van der Waals surface area contributed by atoms with E-state index in [9.17, 15) is 4.79 Å². The van der Waals surface area contributed by atoms with Gasteiger partial charge < -0.3 is 14.6 Å². The summed E-state index contributed by atoms with van der Waals surface area (Å²) < 4.78 is 6.77. The minimum Gasteiger partial charge on any atom is -0.469 e. The Bertz CT molecular complexity index is 567. The van der Waals surface area contributed by atoms with Crippen LogP contribution in [0.4, 0.5) is 0 Å². The fraction of sp³-hybridized carbons (Fsp3) is 0.375. The van der Waals surface area contributed by atoms with Gasteiger partial charge in [0.05, 0.1) is 19.9 Å². The summed E-state index contributed by atoms with van der Waals surface area (Å²) in [6.07, 6.45) is 5.84. The van der Waals surface area contributed by atoms with E-state index in [-0.39, 0.29) is 5.97 Å². The number of hydrogen-bond donors (Lipinski definition) is 1. The predicted octanol–water partition coefficient (Wildman–Crippen LogP) is 1.78. The lowest BCUT2D eigenvalue weighted by Crippen LogP contribution is -2.30. The Hall–Kier alpha value is -2.14. The van der Waals surface area contributed by atoms with Crippen LogP contribution < -0.4 is 5.32 Å². The van der Waals surface area contributed by atoms with Crippen LogP contribution in [0.15, 0.2) is 43.0 Å². The van der Waals surface area contributed by atoms with Gasteiger partial charge in [0.1, 0.15) is 0 Å². The van der Waals surface area contributed by atoms with Crippen molar-refractivity contribution in [3.8, 4) is 0 Å².